The summed E-state index contributed by atoms with van der Waals surface area (Å²) in [6.45, 7) is 3.82. The number of ether oxygens (including phenoxy) is 2. The summed E-state index contributed by atoms with van der Waals surface area (Å²) in [5.74, 6) is -0.177. The Bertz CT molecular complexity index is 1680. The molecule has 0 bridgehead atoms. The number of aliphatic hydroxyl groups is 5. The van der Waals surface area contributed by atoms with Gasteiger partial charge in [-0.1, -0.05) is 428 Å². The third-order valence-electron chi connectivity index (χ3n) is 20.9. The standard InChI is InChI=1S/C88H167NO8/c1-3-5-7-9-11-13-15-17-19-21-23-25-27-29-31-33-35-37-38-39-40-41-42-43-44-46-48-50-52-54-56-58-60-62-64-66-68-70-72-74-76-78-84(92)89-81(80-96-88-87(95)86(94)85(93)83(79-90)97-88)82(91)77-75-73-71-69-67-65-63-61-59-57-55-53-51-49-47-45-36-34-32-30-28-26-24-22-20-18-16-14-12-10-8-6-4-2/h15,17,21,23,67,69,75,77,81-83,85-88,90-91,93-95H,3-14,16,18-20,22,24-66,68,70-74,76,78-80H2,1-2H3,(H,89,92)/b17-15-,23-21-,69-67+,77-75+. The number of hydrogen-bond acceptors (Lipinski definition) is 8. The molecule has 0 aromatic rings. The average Bonchev–Trinajstić information content (AvgIpc) is 0.854. The molecule has 0 saturated carbocycles. The van der Waals surface area contributed by atoms with Crippen LogP contribution in [0.15, 0.2) is 48.6 Å². The van der Waals surface area contributed by atoms with Crippen LogP contribution in [0.2, 0.25) is 0 Å². The van der Waals surface area contributed by atoms with E-state index in [1.165, 1.54) is 385 Å². The second-order valence-electron chi connectivity index (χ2n) is 30.3. The predicted octanol–water partition coefficient (Wildman–Crippen LogP) is 25.4. The lowest BCUT2D eigenvalue weighted by Crippen LogP contribution is -2.60. The quantitative estimate of drug-likeness (QED) is 0.0261. The molecule has 1 saturated heterocycles. The number of carbonyl (C=O) groups excluding carboxylic acids is 1. The van der Waals surface area contributed by atoms with Crippen LogP contribution in [-0.4, -0.2) is 87.5 Å². The van der Waals surface area contributed by atoms with Crippen molar-refractivity contribution in [3.8, 4) is 0 Å². The van der Waals surface area contributed by atoms with Gasteiger partial charge < -0.3 is 40.3 Å². The molecule has 97 heavy (non-hydrogen) atoms. The van der Waals surface area contributed by atoms with E-state index in [2.05, 4.69) is 55.6 Å². The minimum atomic E-state index is -1.57. The van der Waals surface area contributed by atoms with Crippen molar-refractivity contribution in [3.63, 3.8) is 0 Å². The maximum atomic E-state index is 13.2. The van der Waals surface area contributed by atoms with E-state index < -0.39 is 49.5 Å². The van der Waals surface area contributed by atoms with E-state index in [-0.39, 0.29) is 12.5 Å². The van der Waals surface area contributed by atoms with Crippen LogP contribution < -0.4 is 5.32 Å². The second-order valence-corrected chi connectivity index (χ2v) is 30.3. The van der Waals surface area contributed by atoms with Crippen LogP contribution >= 0.6 is 0 Å². The Morgan fingerprint density at radius 3 is 0.928 bits per heavy atom. The predicted molar refractivity (Wildman–Crippen MR) is 420 cm³/mol. The van der Waals surface area contributed by atoms with Gasteiger partial charge in [0.15, 0.2) is 6.29 Å². The van der Waals surface area contributed by atoms with Gasteiger partial charge in [-0.25, -0.2) is 0 Å². The molecule has 572 valence electrons. The third kappa shape index (κ3) is 64.7. The van der Waals surface area contributed by atoms with E-state index >= 15 is 0 Å². The van der Waals surface area contributed by atoms with E-state index in [1.807, 2.05) is 6.08 Å². The van der Waals surface area contributed by atoms with Crippen LogP contribution in [0.5, 0.6) is 0 Å². The van der Waals surface area contributed by atoms with Crippen molar-refractivity contribution in [2.75, 3.05) is 13.2 Å². The Labute approximate surface area is 603 Å². The topological polar surface area (TPSA) is 149 Å². The fourth-order valence-corrected chi connectivity index (χ4v) is 14.2. The number of aliphatic hydroxyl groups excluding tert-OH is 5. The summed E-state index contributed by atoms with van der Waals surface area (Å²) >= 11 is 0. The SMILES string of the molecule is CCCCCCC/C=C\C/C=C\CCCCCCCCCCCCCCCCCCCCCCCCCCCCCCCC(=O)NC(COC1OC(CO)C(O)C(O)C1O)C(O)/C=C/CC/C=C/CCCCCCCCCCCCCCCCCCCCCCCCCCCCC. The molecule has 1 rings (SSSR count). The number of rotatable bonds is 78. The van der Waals surface area contributed by atoms with Crippen molar-refractivity contribution >= 4 is 5.91 Å². The molecule has 0 aromatic carbocycles. The highest BCUT2D eigenvalue weighted by Crippen LogP contribution is 2.24. The van der Waals surface area contributed by atoms with E-state index in [9.17, 15) is 30.3 Å². The molecule has 0 aliphatic carbocycles. The summed E-state index contributed by atoms with van der Waals surface area (Å²) in [4.78, 5) is 13.2. The lowest BCUT2D eigenvalue weighted by molar-refractivity contribution is -0.302. The molecule has 0 aromatic heterocycles. The molecule has 0 spiro atoms. The van der Waals surface area contributed by atoms with Crippen LogP contribution in [-0.2, 0) is 14.3 Å². The van der Waals surface area contributed by atoms with Gasteiger partial charge in [0.1, 0.15) is 24.4 Å². The van der Waals surface area contributed by atoms with Crippen molar-refractivity contribution < 1.29 is 39.8 Å². The highest BCUT2D eigenvalue weighted by molar-refractivity contribution is 5.76. The van der Waals surface area contributed by atoms with Crippen LogP contribution in [0.25, 0.3) is 0 Å². The lowest BCUT2D eigenvalue weighted by Gasteiger charge is -2.40. The zero-order valence-corrected chi connectivity index (χ0v) is 64.6. The number of allylic oxidation sites excluding steroid dienone is 7. The zero-order chi connectivity index (χ0) is 69.9. The minimum Gasteiger partial charge on any atom is -0.394 e. The van der Waals surface area contributed by atoms with Gasteiger partial charge in [0.2, 0.25) is 5.91 Å². The number of hydrogen-bond donors (Lipinski definition) is 6. The first kappa shape index (κ1) is 93.2. The molecule has 1 heterocycles. The van der Waals surface area contributed by atoms with Crippen molar-refractivity contribution in [3.05, 3.63) is 48.6 Å². The smallest absolute Gasteiger partial charge is 0.220 e. The second kappa shape index (κ2) is 76.8. The average molecular weight is 1370 g/mol. The molecule has 7 atom stereocenters. The van der Waals surface area contributed by atoms with Crippen LogP contribution in [0.3, 0.4) is 0 Å². The largest absolute Gasteiger partial charge is 0.394 e. The molecule has 1 aliphatic rings. The lowest BCUT2D eigenvalue weighted by atomic mass is 9.99. The summed E-state index contributed by atoms with van der Waals surface area (Å²) < 4.78 is 11.3. The monoisotopic (exact) mass is 1370 g/mol. The molecule has 1 fully saturated rings. The summed E-state index contributed by atoms with van der Waals surface area (Å²) in [5.41, 5.74) is 0. The van der Waals surface area contributed by atoms with Gasteiger partial charge in [0.05, 0.1) is 25.4 Å². The van der Waals surface area contributed by atoms with Gasteiger partial charge in [-0.15, -0.1) is 0 Å². The van der Waals surface area contributed by atoms with Gasteiger partial charge in [0.25, 0.3) is 0 Å². The Morgan fingerprint density at radius 1 is 0.351 bits per heavy atom. The first-order valence-corrected chi connectivity index (χ1v) is 43.4. The zero-order valence-electron chi connectivity index (χ0n) is 64.6. The first-order chi connectivity index (χ1) is 47.8. The molecule has 1 amide bonds. The number of unbranched alkanes of at least 4 members (excludes halogenated alkanes) is 62. The van der Waals surface area contributed by atoms with Gasteiger partial charge in [0, 0.05) is 6.42 Å². The molecule has 9 heteroatoms. The van der Waals surface area contributed by atoms with E-state index in [0.29, 0.717) is 6.42 Å². The molecule has 1 aliphatic heterocycles. The van der Waals surface area contributed by atoms with Crippen LogP contribution in [0, 0.1) is 0 Å². The Kier molecular flexibility index (Phi) is 73.7. The van der Waals surface area contributed by atoms with Gasteiger partial charge in [-0.05, 0) is 64.2 Å². The Balaban J connectivity index is 2.03. The molecular weight excluding hydrogens is 1200 g/mol. The highest BCUT2D eigenvalue weighted by atomic mass is 16.7. The maximum absolute atomic E-state index is 13.2. The van der Waals surface area contributed by atoms with Gasteiger partial charge in [-0.2, -0.15) is 0 Å². The Morgan fingerprint density at radius 2 is 0.619 bits per heavy atom. The summed E-state index contributed by atoms with van der Waals surface area (Å²) in [7, 11) is 0. The van der Waals surface area contributed by atoms with Gasteiger partial charge >= 0.3 is 0 Å². The van der Waals surface area contributed by atoms with Gasteiger partial charge in [-0.3, -0.25) is 4.79 Å². The molecule has 6 N–H and O–H groups in total. The molecule has 0 radical (unpaired) electrons. The summed E-state index contributed by atoms with van der Waals surface area (Å²) in [6, 6.07) is -0.823. The van der Waals surface area contributed by atoms with E-state index in [1.54, 1.807) is 6.08 Å². The fraction of sp³-hybridized carbons (Fsp3) is 0.898. The van der Waals surface area contributed by atoms with Crippen molar-refractivity contribution in [1.82, 2.24) is 5.32 Å². The molecular formula is C88H167NO8. The Hall–Kier alpha value is -1.85. The normalized spacial score (nSPS) is 17.5. The summed E-state index contributed by atoms with van der Waals surface area (Å²) in [6.07, 6.45) is 100. The highest BCUT2D eigenvalue weighted by Gasteiger charge is 2.44. The number of nitrogens with one attached hydrogen (secondary N) is 1. The van der Waals surface area contributed by atoms with Crippen molar-refractivity contribution in [2.45, 2.75) is 493 Å². The maximum Gasteiger partial charge on any atom is 0.220 e. The molecule has 9 nitrogen and oxygen atoms in total. The van der Waals surface area contributed by atoms with Crippen molar-refractivity contribution in [1.29, 1.82) is 0 Å². The van der Waals surface area contributed by atoms with E-state index in [4.69, 9.17) is 9.47 Å². The molecule has 7 unspecified atom stereocenters. The van der Waals surface area contributed by atoms with E-state index in [0.717, 1.165) is 44.9 Å². The number of carbonyl (C=O) groups is 1. The van der Waals surface area contributed by atoms with Crippen LogP contribution in [0.1, 0.15) is 450 Å². The van der Waals surface area contributed by atoms with Crippen LogP contribution in [0.4, 0.5) is 0 Å². The minimum absolute atomic E-state index is 0.177. The van der Waals surface area contributed by atoms with Crippen molar-refractivity contribution in [2.24, 2.45) is 0 Å². The summed E-state index contributed by atoms with van der Waals surface area (Å²) in [5, 5.41) is 55.0. The first-order valence-electron chi connectivity index (χ1n) is 43.4. The fourth-order valence-electron chi connectivity index (χ4n) is 14.2. The number of amides is 1. The third-order valence-corrected chi connectivity index (χ3v) is 20.9.